The zero-order chi connectivity index (χ0) is 14.1. The second-order valence-corrected chi connectivity index (χ2v) is 7.11. The van der Waals surface area contributed by atoms with E-state index in [0.717, 1.165) is 34.9 Å². The highest BCUT2D eigenvalue weighted by atomic mass is 32.2. The molecule has 0 saturated heterocycles. The van der Waals surface area contributed by atoms with Crippen LogP contribution in [-0.4, -0.2) is 21.8 Å². The number of hydrogen-bond acceptors (Lipinski definition) is 4. The fraction of sp³-hybridized carbons (Fsp3) is 0.333. The van der Waals surface area contributed by atoms with Gasteiger partial charge in [-0.25, -0.2) is 9.78 Å². The topological polar surface area (TPSA) is 50.2 Å². The quantitative estimate of drug-likeness (QED) is 0.826. The van der Waals surface area contributed by atoms with Crippen molar-refractivity contribution in [1.29, 1.82) is 0 Å². The minimum absolute atomic E-state index is 0.362. The molecule has 5 heteroatoms. The van der Waals surface area contributed by atoms with Crippen molar-refractivity contribution < 1.29 is 9.90 Å². The van der Waals surface area contributed by atoms with Crippen LogP contribution >= 0.6 is 23.1 Å². The van der Waals surface area contributed by atoms with Crippen molar-refractivity contribution in [3.05, 3.63) is 34.8 Å². The standard InChI is InChI=1S/C15H15NO2S2/c1-2-19-11-7-5-10(6-8-11)14-16-12(9-3-4-9)13(20-14)15(17)18/h5-9H,2-4H2,1H3,(H,17,18). The van der Waals surface area contributed by atoms with Gasteiger partial charge in [0.15, 0.2) is 0 Å². The van der Waals surface area contributed by atoms with Crippen LogP contribution < -0.4 is 0 Å². The smallest absolute Gasteiger partial charge is 0.347 e. The Labute approximate surface area is 126 Å². The van der Waals surface area contributed by atoms with E-state index in [1.807, 2.05) is 12.1 Å². The lowest BCUT2D eigenvalue weighted by molar-refractivity contribution is 0.0700. The molecule has 1 aromatic carbocycles. The maximum atomic E-state index is 11.3. The van der Waals surface area contributed by atoms with Crippen LogP contribution in [0.25, 0.3) is 10.6 Å². The molecule has 0 unspecified atom stereocenters. The largest absolute Gasteiger partial charge is 0.477 e. The summed E-state index contributed by atoms with van der Waals surface area (Å²) in [5.74, 6) is 0.556. The second-order valence-electron chi connectivity index (χ2n) is 4.77. The first-order valence-electron chi connectivity index (χ1n) is 6.66. The average Bonchev–Trinajstić information content (AvgIpc) is 3.19. The molecule has 1 fully saturated rings. The highest BCUT2D eigenvalue weighted by molar-refractivity contribution is 7.99. The molecule has 0 radical (unpaired) electrons. The van der Waals surface area contributed by atoms with E-state index in [9.17, 15) is 9.90 Å². The normalized spacial score (nSPS) is 14.4. The molecule has 0 bridgehead atoms. The third kappa shape index (κ3) is 2.74. The minimum Gasteiger partial charge on any atom is -0.477 e. The van der Waals surface area contributed by atoms with Crippen molar-refractivity contribution in [3.8, 4) is 10.6 Å². The molecule has 0 aliphatic heterocycles. The predicted molar refractivity (Wildman–Crippen MR) is 82.9 cm³/mol. The van der Waals surface area contributed by atoms with E-state index >= 15 is 0 Å². The molecule has 1 saturated carbocycles. The van der Waals surface area contributed by atoms with Crippen LogP contribution in [0.2, 0.25) is 0 Å². The van der Waals surface area contributed by atoms with E-state index in [2.05, 4.69) is 24.0 Å². The lowest BCUT2D eigenvalue weighted by Gasteiger charge is -1.99. The van der Waals surface area contributed by atoms with Crippen molar-refractivity contribution in [3.63, 3.8) is 0 Å². The molecule has 20 heavy (non-hydrogen) atoms. The maximum absolute atomic E-state index is 11.3. The highest BCUT2D eigenvalue weighted by Crippen LogP contribution is 2.44. The molecule has 1 heterocycles. The second kappa shape index (κ2) is 5.58. The van der Waals surface area contributed by atoms with Gasteiger partial charge in [0.1, 0.15) is 9.88 Å². The van der Waals surface area contributed by atoms with Crippen LogP contribution in [0, 0.1) is 0 Å². The molecule has 1 aromatic heterocycles. The zero-order valence-corrected chi connectivity index (χ0v) is 12.8. The molecule has 0 atom stereocenters. The molecule has 0 amide bonds. The summed E-state index contributed by atoms with van der Waals surface area (Å²) < 4.78 is 0. The van der Waals surface area contributed by atoms with Crippen LogP contribution in [-0.2, 0) is 0 Å². The van der Waals surface area contributed by atoms with Gasteiger partial charge in [-0.05, 0) is 30.7 Å². The van der Waals surface area contributed by atoms with Gasteiger partial charge in [-0.3, -0.25) is 0 Å². The number of benzene rings is 1. The lowest BCUT2D eigenvalue weighted by Crippen LogP contribution is -1.97. The number of rotatable bonds is 5. The van der Waals surface area contributed by atoms with Crippen LogP contribution in [0.3, 0.4) is 0 Å². The van der Waals surface area contributed by atoms with E-state index in [-0.39, 0.29) is 0 Å². The van der Waals surface area contributed by atoms with Crippen LogP contribution in [0.1, 0.15) is 41.0 Å². The van der Waals surface area contributed by atoms with Gasteiger partial charge in [0, 0.05) is 16.4 Å². The number of thioether (sulfide) groups is 1. The molecule has 3 rings (SSSR count). The van der Waals surface area contributed by atoms with E-state index < -0.39 is 5.97 Å². The summed E-state index contributed by atoms with van der Waals surface area (Å²) in [4.78, 5) is 17.5. The number of carboxylic acid groups (broad SMARTS) is 1. The molecular formula is C15H15NO2S2. The van der Waals surface area contributed by atoms with Crippen LogP contribution in [0.15, 0.2) is 29.2 Å². The van der Waals surface area contributed by atoms with E-state index in [4.69, 9.17) is 0 Å². The SMILES string of the molecule is CCSc1ccc(-c2nc(C3CC3)c(C(=O)O)s2)cc1. The fourth-order valence-electron chi connectivity index (χ4n) is 2.10. The number of thiazole rings is 1. The number of carbonyl (C=O) groups is 1. The van der Waals surface area contributed by atoms with E-state index in [1.54, 1.807) is 11.8 Å². The Balaban J connectivity index is 1.93. The highest BCUT2D eigenvalue weighted by Gasteiger charge is 2.32. The van der Waals surface area contributed by atoms with Gasteiger partial charge >= 0.3 is 5.97 Å². The summed E-state index contributed by atoms with van der Waals surface area (Å²) in [7, 11) is 0. The van der Waals surface area contributed by atoms with Gasteiger partial charge < -0.3 is 5.11 Å². The fourth-order valence-corrected chi connectivity index (χ4v) is 3.76. The summed E-state index contributed by atoms with van der Waals surface area (Å²) in [5.41, 5.74) is 1.79. The molecule has 3 nitrogen and oxygen atoms in total. The van der Waals surface area contributed by atoms with Crippen molar-refractivity contribution in [2.75, 3.05) is 5.75 Å². The molecule has 1 aliphatic rings. The van der Waals surface area contributed by atoms with Crippen LogP contribution in [0.5, 0.6) is 0 Å². The van der Waals surface area contributed by atoms with E-state index in [1.165, 1.54) is 16.2 Å². The maximum Gasteiger partial charge on any atom is 0.347 e. The molecule has 104 valence electrons. The minimum atomic E-state index is -0.853. The lowest BCUT2D eigenvalue weighted by atomic mass is 10.2. The Bertz CT molecular complexity index is 630. The molecular weight excluding hydrogens is 290 g/mol. The van der Waals surface area contributed by atoms with Gasteiger partial charge in [-0.1, -0.05) is 19.1 Å². The molecule has 0 spiro atoms. The number of carboxylic acids is 1. The summed E-state index contributed by atoms with van der Waals surface area (Å²) in [6, 6.07) is 8.20. The number of nitrogens with zero attached hydrogens (tertiary/aromatic N) is 1. The Morgan fingerprint density at radius 2 is 2.10 bits per heavy atom. The first kappa shape index (κ1) is 13.6. The average molecular weight is 305 g/mol. The Hall–Kier alpha value is -1.33. The van der Waals surface area contributed by atoms with Crippen molar-refractivity contribution >= 4 is 29.1 Å². The first-order valence-corrected chi connectivity index (χ1v) is 8.46. The van der Waals surface area contributed by atoms with Gasteiger partial charge in [-0.2, -0.15) is 0 Å². The van der Waals surface area contributed by atoms with Crippen molar-refractivity contribution in [2.24, 2.45) is 0 Å². The third-order valence-corrected chi connectivity index (χ3v) is 5.23. The summed E-state index contributed by atoms with van der Waals surface area (Å²) in [5, 5.41) is 10.1. The Morgan fingerprint density at radius 1 is 1.40 bits per heavy atom. The number of aromatic nitrogens is 1. The summed E-state index contributed by atoms with van der Waals surface area (Å²) in [6.07, 6.45) is 2.13. The molecule has 2 aromatic rings. The Kier molecular flexibility index (Phi) is 3.81. The van der Waals surface area contributed by atoms with Gasteiger partial charge in [0.05, 0.1) is 5.69 Å². The molecule has 1 aliphatic carbocycles. The molecule has 1 N–H and O–H groups in total. The zero-order valence-electron chi connectivity index (χ0n) is 11.1. The predicted octanol–water partition coefficient (Wildman–Crippen LogP) is 4.50. The summed E-state index contributed by atoms with van der Waals surface area (Å²) in [6.45, 7) is 2.13. The van der Waals surface area contributed by atoms with Gasteiger partial charge in [-0.15, -0.1) is 23.1 Å². The van der Waals surface area contributed by atoms with E-state index in [0.29, 0.717) is 10.8 Å². The van der Waals surface area contributed by atoms with Crippen molar-refractivity contribution in [2.45, 2.75) is 30.6 Å². The monoisotopic (exact) mass is 305 g/mol. The van der Waals surface area contributed by atoms with Crippen molar-refractivity contribution in [1.82, 2.24) is 4.98 Å². The van der Waals surface area contributed by atoms with Gasteiger partial charge in [0.25, 0.3) is 0 Å². The summed E-state index contributed by atoms with van der Waals surface area (Å²) >= 11 is 3.09. The van der Waals surface area contributed by atoms with Crippen LogP contribution in [0.4, 0.5) is 0 Å². The number of aromatic carboxylic acids is 1. The third-order valence-electron chi connectivity index (χ3n) is 3.22. The first-order chi connectivity index (χ1) is 9.69. The van der Waals surface area contributed by atoms with Gasteiger partial charge in [0.2, 0.25) is 0 Å². The Morgan fingerprint density at radius 3 is 2.65 bits per heavy atom. The number of hydrogen-bond donors (Lipinski definition) is 1.